The van der Waals surface area contributed by atoms with E-state index in [4.69, 9.17) is 19.2 Å². The number of benzene rings is 2. The van der Waals surface area contributed by atoms with Gasteiger partial charge in [-0.2, -0.15) is 0 Å². The predicted molar refractivity (Wildman–Crippen MR) is 234 cm³/mol. The molecule has 3 aromatic rings. The Morgan fingerprint density at radius 2 is 1.75 bits per heavy atom. The van der Waals surface area contributed by atoms with E-state index in [1.165, 1.54) is 12.0 Å². The van der Waals surface area contributed by atoms with Gasteiger partial charge in [-0.15, -0.1) is 0 Å². The highest BCUT2D eigenvalue weighted by Crippen LogP contribution is 2.46. The lowest BCUT2D eigenvalue weighted by Gasteiger charge is -2.44. The number of pyridine rings is 1. The van der Waals surface area contributed by atoms with Crippen molar-refractivity contribution in [2.45, 2.75) is 133 Å². The van der Waals surface area contributed by atoms with Crippen LogP contribution in [0, 0.1) is 11.8 Å². The molecule has 1 saturated heterocycles. The summed E-state index contributed by atoms with van der Waals surface area (Å²) in [5, 5.41) is 13.2. The molecule has 0 spiro atoms. The van der Waals surface area contributed by atoms with Crippen LogP contribution in [0.4, 0.5) is 13.6 Å². The number of rotatable bonds is 12. The number of amides is 4. The number of allylic oxidation sites excluding steroid dienone is 1. The van der Waals surface area contributed by atoms with Crippen molar-refractivity contribution in [3.63, 3.8) is 0 Å². The summed E-state index contributed by atoms with van der Waals surface area (Å²) in [5.74, 6) is -2.36. The summed E-state index contributed by atoms with van der Waals surface area (Å²) in [5.41, 5.74) is -2.21. The number of aromatic nitrogens is 1. The number of ether oxygens (including phenoxy) is 3. The number of carboxylic acid groups (broad SMARTS) is 1. The third kappa shape index (κ3) is 9.61. The minimum absolute atomic E-state index is 0.0399. The number of carbonyl (C=O) groups is 4. The number of alkyl halides is 2. The zero-order valence-electron chi connectivity index (χ0n) is 36.9. The molecule has 6 atom stereocenters. The van der Waals surface area contributed by atoms with E-state index >= 15 is 4.79 Å². The number of hydrogen-bond acceptors (Lipinski definition) is 10. The summed E-state index contributed by atoms with van der Waals surface area (Å²) in [6, 6.07) is 11.3. The molecule has 0 radical (unpaired) electrons. The highest BCUT2D eigenvalue weighted by Gasteiger charge is 2.62. The van der Waals surface area contributed by atoms with Crippen LogP contribution < -0.4 is 24.2 Å². The number of fused-ring (bicyclic) bond motifs is 3. The monoisotopic (exact) mass is 909 g/mol. The van der Waals surface area contributed by atoms with Crippen LogP contribution in [0.1, 0.15) is 86.0 Å². The Balaban J connectivity index is 1.29. The fourth-order valence-electron chi connectivity index (χ4n) is 8.80. The molecule has 64 heavy (non-hydrogen) atoms. The molecule has 0 unspecified atom stereocenters. The molecule has 7 rings (SSSR count). The van der Waals surface area contributed by atoms with Gasteiger partial charge in [0.1, 0.15) is 46.5 Å². The second kappa shape index (κ2) is 18.2. The minimum Gasteiger partial charge on any atom is -0.497 e. The Labute approximate surface area is 371 Å². The number of hydrogen-bond donors (Lipinski definition) is 3. The van der Waals surface area contributed by atoms with Crippen molar-refractivity contribution in [3.05, 3.63) is 60.7 Å². The van der Waals surface area contributed by atoms with Crippen LogP contribution in [0.25, 0.3) is 22.2 Å². The molecule has 2 aromatic carbocycles. The van der Waals surface area contributed by atoms with Gasteiger partial charge in [-0.1, -0.05) is 25.5 Å². The normalized spacial score (nSPS) is 25.5. The molecular weight excluding hydrogens is 853 g/mol. The summed E-state index contributed by atoms with van der Waals surface area (Å²) in [6.45, 7) is 7.34. The maximum Gasteiger partial charge on any atom is 0.408 e. The van der Waals surface area contributed by atoms with Crippen molar-refractivity contribution in [2.75, 3.05) is 13.7 Å². The molecule has 18 heteroatoms. The van der Waals surface area contributed by atoms with E-state index in [1.54, 1.807) is 37.3 Å². The standard InChI is InChI=1S/C46H57F2N5O10S/c1-26(2)62-30-15-13-28(14-16-30)35-23-38(34-20-17-31(61-6)21-36(34)49-35)63-32-22-37-40(54)50-46(43(56)51-64(59,60)33-18-19-33)24-29(46)12-10-8-7-9-11-27(3)39(41(55)52(37)25-32)53(44(57)58)45(4,5)42(47)48/h10,12-17,20-21,23,26-27,29,32-33,37,39,42H,7-9,11,18-19,22,24-25H2,1-6H3,(H,50,54)(H,51,56)(H,57,58)/t27-,29-,32-,37+,39+,46-/m1/s1. The molecule has 2 aliphatic carbocycles. The summed E-state index contributed by atoms with van der Waals surface area (Å²) < 4.78 is 75.7. The number of nitrogens with one attached hydrogen (secondary N) is 2. The van der Waals surface area contributed by atoms with E-state index in [0.717, 1.165) is 19.4 Å². The highest BCUT2D eigenvalue weighted by molar-refractivity contribution is 7.91. The first-order valence-electron chi connectivity index (χ1n) is 21.8. The molecule has 15 nitrogen and oxygen atoms in total. The zero-order chi connectivity index (χ0) is 46.3. The predicted octanol–water partition coefficient (Wildman–Crippen LogP) is 6.69. The Morgan fingerprint density at radius 1 is 1.05 bits per heavy atom. The molecule has 3 fully saturated rings. The third-order valence-electron chi connectivity index (χ3n) is 12.7. The molecule has 3 N–H and O–H groups in total. The summed E-state index contributed by atoms with van der Waals surface area (Å²) in [6.07, 6.45) is 0.438. The van der Waals surface area contributed by atoms with Crippen LogP contribution in [0.5, 0.6) is 17.2 Å². The van der Waals surface area contributed by atoms with Crippen molar-refractivity contribution in [1.82, 2.24) is 24.8 Å². The van der Waals surface area contributed by atoms with Crippen molar-refractivity contribution in [1.29, 1.82) is 0 Å². The van der Waals surface area contributed by atoms with E-state index in [1.807, 2.05) is 44.2 Å². The van der Waals surface area contributed by atoms with Gasteiger partial charge in [0, 0.05) is 35.4 Å². The molecule has 4 amide bonds. The molecular formula is C46H57F2N5O10S. The van der Waals surface area contributed by atoms with Gasteiger partial charge in [-0.25, -0.2) is 27.0 Å². The lowest BCUT2D eigenvalue weighted by molar-refractivity contribution is -0.148. The molecule has 2 aliphatic heterocycles. The highest BCUT2D eigenvalue weighted by atomic mass is 32.2. The zero-order valence-corrected chi connectivity index (χ0v) is 37.7. The lowest BCUT2D eigenvalue weighted by atomic mass is 9.89. The first kappa shape index (κ1) is 46.5. The topological polar surface area (TPSA) is 194 Å². The van der Waals surface area contributed by atoms with Crippen molar-refractivity contribution >= 4 is 44.7 Å². The number of carbonyl (C=O) groups excluding carboxylic acids is 3. The average Bonchev–Trinajstić information content (AvgIpc) is 4.17. The Kier molecular flexibility index (Phi) is 13.2. The van der Waals surface area contributed by atoms with Gasteiger partial charge < -0.3 is 29.5 Å². The minimum atomic E-state index is -4.01. The summed E-state index contributed by atoms with van der Waals surface area (Å²) >= 11 is 0. The number of nitrogens with zero attached hydrogens (tertiary/aromatic N) is 3. The van der Waals surface area contributed by atoms with Gasteiger partial charge in [0.05, 0.1) is 36.2 Å². The van der Waals surface area contributed by atoms with Gasteiger partial charge in [-0.3, -0.25) is 24.0 Å². The lowest BCUT2D eigenvalue weighted by Crippen LogP contribution is -2.64. The molecule has 0 bridgehead atoms. The summed E-state index contributed by atoms with van der Waals surface area (Å²) in [4.78, 5) is 63.4. The van der Waals surface area contributed by atoms with Crippen molar-refractivity contribution in [3.8, 4) is 28.5 Å². The largest absolute Gasteiger partial charge is 0.497 e. The second-order valence-electron chi connectivity index (χ2n) is 18.3. The van der Waals surface area contributed by atoms with E-state index in [-0.39, 0.29) is 25.5 Å². The molecule has 3 heterocycles. The van der Waals surface area contributed by atoms with Gasteiger partial charge in [-0.05, 0) is 109 Å². The van der Waals surface area contributed by atoms with Crippen LogP contribution in [0.3, 0.4) is 0 Å². The SMILES string of the molecule is COc1ccc2c(O[C@@H]3C[C@H]4C(=O)N[C@]5(C(=O)NS(=O)(=O)C6CC6)C[C@H]5C=CCCCC[C@@H](C)[C@H](N(C(=O)O)C(C)(C)C(F)F)C(=O)N4C3)cc(-c3ccc(OC(C)C)cc3)nc2c1. The quantitative estimate of drug-likeness (QED) is 0.164. The van der Waals surface area contributed by atoms with E-state index < -0.39 is 86.6 Å². The number of sulfonamides is 1. The third-order valence-corrected chi connectivity index (χ3v) is 14.5. The van der Waals surface area contributed by atoms with Gasteiger partial charge in [0.2, 0.25) is 21.8 Å². The Morgan fingerprint density at radius 3 is 2.39 bits per heavy atom. The fraction of sp³-hybridized carbons (Fsp3) is 0.543. The number of halogens is 2. The average molecular weight is 910 g/mol. The Hall–Kier alpha value is -5.52. The smallest absolute Gasteiger partial charge is 0.408 e. The van der Waals surface area contributed by atoms with Crippen LogP contribution >= 0.6 is 0 Å². The van der Waals surface area contributed by atoms with Crippen LogP contribution in [-0.4, -0.2) is 113 Å². The second-order valence-corrected chi connectivity index (χ2v) is 20.2. The van der Waals surface area contributed by atoms with E-state index in [2.05, 4.69) is 10.0 Å². The van der Waals surface area contributed by atoms with E-state index in [9.17, 15) is 36.7 Å². The van der Waals surface area contributed by atoms with Crippen LogP contribution in [0.2, 0.25) is 0 Å². The summed E-state index contributed by atoms with van der Waals surface area (Å²) in [7, 11) is -2.48. The van der Waals surface area contributed by atoms with E-state index in [0.29, 0.717) is 77.3 Å². The van der Waals surface area contributed by atoms with Crippen LogP contribution in [-0.2, 0) is 24.4 Å². The number of methoxy groups -OCH3 is 1. The van der Waals surface area contributed by atoms with Gasteiger partial charge >= 0.3 is 6.09 Å². The van der Waals surface area contributed by atoms with Gasteiger partial charge in [0.25, 0.3) is 12.3 Å². The molecule has 346 valence electrons. The van der Waals surface area contributed by atoms with Gasteiger partial charge in [0.15, 0.2) is 0 Å². The molecule has 1 aromatic heterocycles. The molecule has 4 aliphatic rings. The molecule has 2 saturated carbocycles. The Bertz CT molecular complexity index is 2410. The van der Waals surface area contributed by atoms with Crippen molar-refractivity contribution < 1.29 is 55.7 Å². The fourth-order valence-corrected chi connectivity index (χ4v) is 10.2. The first-order valence-corrected chi connectivity index (χ1v) is 23.4. The first-order chi connectivity index (χ1) is 30.2. The maximum absolute atomic E-state index is 15.2. The van der Waals surface area contributed by atoms with Crippen LogP contribution in [0.15, 0.2) is 60.7 Å². The van der Waals surface area contributed by atoms with Crippen molar-refractivity contribution in [2.24, 2.45) is 11.8 Å². The maximum atomic E-state index is 15.2.